The Kier molecular flexibility index (Phi) is 4.98. The van der Waals surface area contributed by atoms with Gasteiger partial charge >= 0.3 is 5.97 Å². The normalized spacial score (nSPS) is 15.9. The first kappa shape index (κ1) is 15.2. The van der Waals surface area contributed by atoms with Gasteiger partial charge in [0.25, 0.3) is 0 Å². The number of anilines is 1. The Balaban J connectivity index is 1.94. The average Bonchev–Trinajstić information content (AvgIpc) is 3.22. The van der Waals surface area contributed by atoms with Crippen LogP contribution in [0.25, 0.3) is 0 Å². The number of halogens is 1. The maximum Gasteiger partial charge on any atom is 0.320 e. The number of nitrogens with zero attached hydrogens (tertiary/aromatic N) is 1. The molecule has 1 amide bonds. The number of carbonyl (C=O) groups is 2. The van der Waals surface area contributed by atoms with Gasteiger partial charge in [-0.1, -0.05) is 0 Å². The molecule has 1 unspecified atom stereocenters. The van der Waals surface area contributed by atoms with Crippen molar-refractivity contribution in [1.82, 2.24) is 4.90 Å². The SMILES string of the molecule is CC(C(=O)O)N(CC(=O)Nc1ccc(I)cc1)C1CC1. The summed E-state index contributed by atoms with van der Waals surface area (Å²) in [6.45, 7) is 1.74. The van der Waals surface area contributed by atoms with Gasteiger partial charge in [-0.25, -0.2) is 0 Å². The minimum Gasteiger partial charge on any atom is -0.480 e. The number of amides is 1. The summed E-state index contributed by atoms with van der Waals surface area (Å²) in [5.74, 6) is -1.06. The van der Waals surface area contributed by atoms with Gasteiger partial charge in [0.05, 0.1) is 6.54 Å². The molecule has 2 rings (SSSR count). The standard InChI is InChI=1S/C14H17IN2O3/c1-9(14(19)20)17(12-6-7-12)8-13(18)16-11-4-2-10(15)3-5-11/h2-5,9,12H,6-8H2,1H3,(H,16,18)(H,19,20). The Morgan fingerprint density at radius 3 is 2.50 bits per heavy atom. The number of carboxylic acid groups (broad SMARTS) is 1. The number of carboxylic acids is 1. The summed E-state index contributed by atoms with van der Waals surface area (Å²) in [5.41, 5.74) is 0.731. The van der Waals surface area contributed by atoms with Gasteiger partial charge in [-0.2, -0.15) is 0 Å². The van der Waals surface area contributed by atoms with E-state index in [-0.39, 0.29) is 18.5 Å². The Bertz CT molecular complexity index is 500. The van der Waals surface area contributed by atoms with Crippen LogP contribution >= 0.6 is 22.6 Å². The number of rotatable bonds is 6. The van der Waals surface area contributed by atoms with Crippen LogP contribution in [-0.2, 0) is 9.59 Å². The molecule has 5 nitrogen and oxygen atoms in total. The van der Waals surface area contributed by atoms with E-state index in [1.165, 1.54) is 0 Å². The molecule has 0 heterocycles. The third-order valence-corrected chi connectivity index (χ3v) is 4.04. The van der Waals surface area contributed by atoms with Crippen molar-refractivity contribution in [1.29, 1.82) is 0 Å². The van der Waals surface area contributed by atoms with Crippen LogP contribution in [0.15, 0.2) is 24.3 Å². The highest BCUT2D eigenvalue weighted by molar-refractivity contribution is 14.1. The first-order valence-electron chi connectivity index (χ1n) is 6.51. The van der Waals surface area contributed by atoms with Gasteiger partial charge in [0.2, 0.25) is 5.91 Å². The first-order valence-corrected chi connectivity index (χ1v) is 7.59. The highest BCUT2D eigenvalue weighted by atomic mass is 127. The smallest absolute Gasteiger partial charge is 0.320 e. The van der Waals surface area contributed by atoms with E-state index in [1.54, 1.807) is 11.8 Å². The lowest BCUT2D eigenvalue weighted by molar-refractivity contribution is -0.143. The zero-order chi connectivity index (χ0) is 14.7. The molecule has 0 bridgehead atoms. The Morgan fingerprint density at radius 1 is 1.40 bits per heavy atom. The molecule has 1 aliphatic rings. The predicted molar refractivity (Wildman–Crippen MR) is 84.6 cm³/mol. The summed E-state index contributed by atoms with van der Waals surface area (Å²) in [6, 6.07) is 7.08. The summed E-state index contributed by atoms with van der Waals surface area (Å²) < 4.78 is 1.10. The van der Waals surface area contributed by atoms with Gasteiger partial charge in [0, 0.05) is 15.3 Å². The second-order valence-electron chi connectivity index (χ2n) is 4.97. The van der Waals surface area contributed by atoms with E-state index < -0.39 is 12.0 Å². The second-order valence-corrected chi connectivity index (χ2v) is 6.22. The van der Waals surface area contributed by atoms with Crippen LogP contribution in [0.3, 0.4) is 0 Å². The summed E-state index contributed by atoms with van der Waals surface area (Å²) in [4.78, 5) is 24.8. The number of nitrogens with one attached hydrogen (secondary N) is 1. The molecule has 1 saturated carbocycles. The lowest BCUT2D eigenvalue weighted by atomic mass is 10.2. The summed E-state index contributed by atoms with van der Waals surface area (Å²) in [7, 11) is 0. The van der Waals surface area contributed by atoms with Gasteiger partial charge in [-0.3, -0.25) is 14.5 Å². The number of benzene rings is 1. The number of carbonyl (C=O) groups excluding carboxylic acids is 1. The number of hydrogen-bond acceptors (Lipinski definition) is 3. The lowest BCUT2D eigenvalue weighted by Gasteiger charge is -2.25. The van der Waals surface area contributed by atoms with E-state index in [0.29, 0.717) is 0 Å². The highest BCUT2D eigenvalue weighted by Gasteiger charge is 2.36. The summed E-state index contributed by atoms with van der Waals surface area (Å²) in [6.07, 6.45) is 1.93. The third kappa shape index (κ3) is 4.17. The van der Waals surface area contributed by atoms with Gasteiger partial charge in [0.15, 0.2) is 0 Å². The van der Waals surface area contributed by atoms with Crippen LogP contribution in [0.4, 0.5) is 5.69 Å². The largest absolute Gasteiger partial charge is 0.480 e. The van der Waals surface area contributed by atoms with E-state index in [2.05, 4.69) is 27.9 Å². The van der Waals surface area contributed by atoms with Gasteiger partial charge in [0.1, 0.15) is 6.04 Å². The van der Waals surface area contributed by atoms with E-state index in [0.717, 1.165) is 22.1 Å². The quantitative estimate of drug-likeness (QED) is 0.733. The fraction of sp³-hybridized carbons (Fsp3) is 0.429. The van der Waals surface area contributed by atoms with Crippen molar-refractivity contribution in [3.8, 4) is 0 Å². The molecule has 1 aromatic rings. The van der Waals surface area contributed by atoms with Crippen LogP contribution in [0.1, 0.15) is 19.8 Å². The fourth-order valence-electron chi connectivity index (χ4n) is 2.03. The van der Waals surface area contributed by atoms with Gasteiger partial charge in [-0.05, 0) is 66.6 Å². The Labute approximate surface area is 131 Å². The highest BCUT2D eigenvalue weighted by Crippen LogP contribution is 2.28. The molecule has 0 spiro atoms. The molecule has 20 heavy (non-hydrogen) atoms. The molecule has 1 aliphatic carbocycles. The van der Waals surface area contributed by atoms with E-state index in [1.807, 2.05) is 24.3 Å². The van der Waals surface area contributed by atoms with E-state index >= 15 is 0 Å². The number of aliphatic carboxylic acids is 1. The van der Waals surface area contributed by atoms with Crippen molar-refractivity contribution in [3.63, 3.8) is 0 Å². The number of hydrogen-bond donors (Lipinski definition) is 2. The monoisotopic (exact) mass is 388 g/mol. The molecule has 2 N–H and O–H groups in total. The van der Waals surface area contributed by atoms with Crippen LogP contribution in [-0.4, -0.2) is 40.5 Å². The molecular weight excluding hydrogens is 371 g/mol. The maximum atomic E-state index is 12.0. The van der Waals surface area contributed by atoms with E-state index in [4.69, 9.17) is 5.11 Å². The minimum absolute atomic E-state index is 0.115. The Morgan fingerprint density at radius 2 is 2.00 bits per heavy atom. The second kappa shape index (κ2) is 6.53. The molecule has 0 aromatic heterocycles. The van der Waals surface area contributed by atoms with E-state index in [9.17, 15) is 9.59 Å². The zero-order valence-electron chi connectivity index (χ0n) is 11.2. The third-order valence-electron chi connectivity index (χ3n) is 3.32. The topological polar surface area (TPSA) is 69.6 Å². The van der Waals surface area contributed by atoms with Crippen molar-refractivity contribution in [2.24, 2.45) is 0 Å². The molecule has 0 aliphatic heterocycles. The fourth-order valence-corrected chi connectivity index (χ4v) is 2.39. The molecule has 1 aromatic carbocycles. The van der Waals surface area contributed by atoms with Gasteiger partial charge in [-0.15, -0.1) is 0 Å². The van der Waals surface area contributed by atoms with Crippen molar-refractivity contribution >= 4 is 40.2 Å². The maximum absolute atomic E-state index is 12.0. The molecule has 1 fully saturated rings. The van der Waals surface area contributed by atoms with Crippen molar-refractivity contribution in [3.05, 3.63) is 27.8 Å². The zero-order valence-corrected chi connectivity index (χ0v) is 13.3. The first-order chi connectivity index (χ1) is 9.47. The lowest BCUT2D eigenvalue weighted by Crippen LogP contribution is -2.44. The molecule has 108 valence electrons. The van der Waals surface area contributed by atoms with Crippen molar-refractivity contribution < 1.29 is 14.7 Å². The minimum atomic E-state index is -0.890. The van der Waals surface area contributed by atoms with Crippen molar-refractivity contribution in [2.45, 2.75) is 31.8 Å². The predicted octanol–water partition coefficient (Wildman–Crippen LogP) is 2.17. The molecule has 0 saturated heterocycles. The van der Waals surface area contributed by atoms with Crippen LogP contribution in [0.2, 0.25) is 0 Å². The Hall–Kier alpha value is -1.15. The van der Waals surface area contributed by atoms with Crippen LogP contribution in [0.5, 0.6) is 0 Å². The summed E-state index contributed by atoms with van der Waals surface area (Å²) >= 11 is 2.20. The molecule has 6 heteroatoms. The van der Waals surface area contributed by atoms with Crippen LogP contribution < -0.4 is 5.32 Å². The van der Waals surface area contributed by atoms with Crippen molar-refractivity contribution in [2.75, 3.05) is 11.9 Å². The average molecular weight is 388 g/mol. The molecular formula is C14H17IN2O3. The molecule has 1 atom stereocenters. The van der Waals surface area contributed by atoms with Crippen LogP contribution in [0, 0.1) is 3.57 Å². The van der Waals surface area contributed by atoms with Gasteiger partial charge < -0.3 is 10.4 Å². The molecule has 0 radical (unpaired) electrons. The summed E-state index contributed by atoms with van der Waals surface area (Å²) in [5, 5.41) is 11.9.